The van der Waals surface area contributed by atoms with E-state index in [0.29, 0.717) is 6.42 Å². The third-order valence-corrected chi connectivity index (χ3v) is 1.83. The summed E-state index contributed by atoms with van der Waals surface area (Å²) in [6.07, 6.45) is 0.505. The molecule has 0 aromatic rings. The van der Waals surface area contributed by atoms with Crippen molar-refractivity contribution in [2.45, 2.75) is 18.9 Å². The summed E-state index contributed by atoms with van der Waals surface area (Å²) in [5, 5.41) is 0. The molecule has 0 aliphatic heterocycles. The third-order valence-electron chi connectivity index (χ3n) is 1.46. The summed E-state index contributed by atoms with van der Waals surface area (Å²) in [7, 11) is -4.81. The molecule has 7 N–H and O–H groups in total. The van der Waals surface area contributed by atoms with E-state index in [1.54, 1.807) is 0 Å². The molecule has 0 heterocycles. The van der Waals surface area contributed by atoms with Gasteiger partial charge < -0.3 is 24.2 Å². The molecular formula is C6H16CaN4O5S. The molecule has 0 radical (unpaired) electrons. The minimum Gasteiger partial charge on any atom is -1.00 e. The average molecular weight is 296 g/mol. The molecule has 0 rings (SSSR count). The van der Waals surface area contributed by atoms with Crippen molar-refractivity contribution in [3.8, 4) is 0 Å². The zero-order valence-electron chi connectivity index (χ0n) is 11.1. The number of nitrogens with zero attached hydrogens (tertiary/aromatic N) is 1. The van der Waals surface area contributed by atoms with Crippen LogP contribution in [-0.4, -0.2) is 75.2 Å². The van der Waals surface area contributed by atoms with Gasteiger partial charge in [0.2, 0.25) is 0 Å². The van der Waals surface area contributed by atoms with Gasteiger partial charge in [-0.05, 0) is 12.8 Å². The normalized spacial score (nSPS) is 12.1. The third kappa shape index (κ3) is 12.1. The van der Waals surface area contributed by atoms with Crippen LogP contribution in [-0.2, 0) is 19.4 Å². The van der Waals surface area contributed by atoms with E-state index in [4.69, 9.17) is 21.8 Å². The summed E-state index contributed by atoms with van der Waals surface area (Å²) < 4.78 is 32.2. The van der Waals surface area contributed by atoms with E-state index in [0.717, 1.165) is 0 Å². The van der Waals surface area contributed by atoms with Gasteiger partial charge in [-0.3, -0.25) is 9.55 Å². The van der Waals surface area contributed by atoms with E-state index in [1.165, 1.54) is 0 Å². The molecule has 98 valence electrons. The van der Waals surface area contributed by atoms with E-state index in [9.17, 15) is 13.2 Å². The predicted octanol–water partition coefficient (Wildman–Crippen LogP) is -2.44. The Labute approximate surface area is 132 Å². The maximum Gasteiger partial charge on any atom is 2.00 e. The molecule has 0 bridgehead atoms. The van der Waals surface area contributed by atoms with Gasteiger partial charge in [-0.25, -0.2) is 4.79 Å². The van der Waals surface area contributed by atoms with Crippen molar-refractivity contribution >= 4 is 60.1 Å². The number of carbonyl (C=O) groups excluding carboxylic acids is 1. The Hall–Kier alpha value is -0.130. The Morgan fingerprint density at radius 1 is 1.47 bits per heavy atom. The molecule has 0 fully saturated rings. The average Bonchev–Trinajstić information content (AvgIpc) is 2.08. The monoisotopic (exact) mass is 296 g/mol. The second-order valence-electron chi connectivity index (χ2n) is 2.89. The largest absolute Gasteiger partial charge is 2.00 e. The minimum absolute atomic E-state index is 0. The van der Waals surface area contributed by atoms with Crippen LogP contribution in [0.5, 0.6) is 0 Å². The van der Waals surface area contributed by atoms with Crippen molar-refractivity contribution in [3.63, 3.8) is 0 Å². The van der Waals surface area contributed by atoms with Crippen molar-refractivity contribution in [1.82, 2.24) is 0 Å². The van der Waals surface area contributed by atoms with Gasteiger partial charge in [0, 0.05) is 6.54 Å². The quantitative estimate of drug-likeness (QED) is 0.137. The Kier molecular flexibility index (Phi) is 10.0. The predicted molar refractivity (Wildman–Crippen MR) is 63.5 cm³/mol. The second-order valence-corrected chi connectivity index (χ2v) is 3.91. The first-order valence-corrected chi connectivity index (χ1v) is 5.60. The minimum atomic E-state index is -4.81. The first-order valence-electron chi connectivity index (χ1n) is 4.24. The van der Waals surface area contributed by atoms with Gasteiger partial charge in [-0.15, -0.1) is 0 Å². The summed E-state index contributed by atoms with van der Waals surface area (Å²) in [5.41, 5.74) is 15.4. The number of guanidine groups is 1. The standard InChI is InChI=1S/C6H14N4O5S.Ca.2H/c7-4(2-1-3-10-6(8)9)5(11)15-16(12,13)14;;;/h4H,1-3,7H2,(H4,8,9,10)(H,12,13,14);;;/q;+2;2*-1. The maximum atomic E-state index is 10.9. The fourth-order valence-electron chi connectivity index (χ4n) is 0.803. The smallest absolute Gasteiger partial charge is 1.00 e. The zero-order valence-corrected chi connectivity index (χ0v) is 12.1. The van der Waals surface area contributed by atoms with Crippen LogP contribution >= 0.6 is 0 Å². The molecule has 0 aliphatic carbocycles. The van der Waals surface area contributed by atoms with Crippen LogP contribution in [0.1, 0.15) is 15.7 Å². The number of nitrogens with two attached hydrogens (primary N) is 3. The van der Waals surface area contributed by atoms with Gasteiger partial charge in [0.05, 0.1) is 0 Å². The number of aliphatic imine (C=N–C) groups is 1. The molecule has 17 heavy (non-hydrogen) atoms. The Bertz CT molecular complexity index is 376. The van der Waals surface area contributed by atoms with Gasteiger partial charge in [-0.2, -0.15) is 8.42 Å². The van der Waals surface area contributed by atoms with E-state index >= 15 is 0 Å². The van der Waals surface area contributed by atoms with Crippen molar-refractivity contribution in [2.75, 3.05) is 6.54 Å². The van der Waals surface area contributed by atoms with Crippen LogP contribution < -0.4 is 17.2 Å². The maximum absolute atomic E-state index is 10.9. The molecule has 0 aliphatic rings. The Morgan fingerprint density at radius 3 is 2.41 bits per heavy atom. The van der Waals surface area contributed by atoms with Crippen LogP contribution in [0.2, 0.25) is 0 Å². The van der Waals surface area contributed by atoms with E-state index in [1.807, 2.05) is 0 Å². The van der Waals surface area contributed by atoms with Crippen LogP contribution in [0.3, 0.4) is 0 Å². The Balaban J connectivity index is -0.000000375. The molecule has 11 heteroatoms. The van der Waals surface area contributed by atoms with Gasteiger partial charge in [-0.1, -0.05) is 0 Å². The molecule has 0 saturated carbocycles. The van der Waals surface area contributed by atoms with Crippen molar-refractivity contribution < 1.29 is 24.8 Å². The molecule has 9 nitrogen and oxygen atoms in total. The van der Waals surface area contributed by atoms with E-state index in [2.05, 4.69) is 9.18 Å². The molecule has 1 unspecified atom stereocenters. The van der Waals surface area contributed by atoms with Crippen LogP contribution in [0.25, 0.3) is 0 Å². The van der Waals surface area contributed by atoms with Gasteiger partial charge in [0.25, 0.3) is 0 Å². The van der Waals surface area contributed by atoms with Gasteiger partial charge in [0.15, 0.2) is 5.96 Å². The van der Waals surface area contributed by atoms with Crippen molar-refractivity contribution in [3.05, 3.63) is 0 Å². The first-order chi connectivity index (χ1) is 7.22. The van der Waals surface area contributed by atoms with Crippen molar-refractivity contribution in [2.24, 2.45) is 22.2 Å². The summed E-state index contributed by atoms with van der Waals surface area (Å²) in [6.45, 7) is 0.259. The number of hydrogen-bond acceptors (Lipinski definition) is 6. The number of hydrogen-bond donors (Lipinski definition) is 4. The molecule has 0 aromatic heterocycles. The van der Waals surface area contributed by atoms with Crippen LogP contribution in [0.15, 0.2) is 4.99 Å². The van der Waals surface area contributed by atoms with E-state index in [-0.39, 0.29) is 59.5 Å². The van der Waals surface area contributed by atoms with Gasteiger partial charge >= 0.3 is 54.1 Å². The summed E-state index contributed by atoms with van der Waals surface area (Å²) in [5.74, 6) is -1.32. The fourth-order valence-corrected chi connectivity index (χ4v) is 1.13. The van der Waals surface area contributed by atoms with Gasteiger partial charge in [0.1, 0.15) is 6.04 Å². The molecule has 0 spiro atoms. The molecule has 0 amide bonds. The fraction of sp³-hybridized carbons (Fsp3) is 0.667. The summed E-state index contributed by atoms with van der Waals surface area (Å²) in [6, 6.07) is -1.16. The number of rotatable bonds is 6. The molecule has 0 saturated heterocycles. The van der Waals surface area contributed by atoms with E-state index < -0.39 is 22.4 Å². The van der Waals surface area contributed by atoms with Crippen LogP contribution in [0.4, 0.5) is 0 Å². The Morgan fingerprint density at radius 2 is 2.00 bits per heavy atom. The summed E-state index contributed by atoms with van der Waals surface area (Å²) >= 11 is 0. The topological polar surface area (TPSA) is 171 Å². The number of carbonyl (C=O) groups is 1. The molecular weight excluding hydrogens is 280 g/mol. The molecule has 0 aromatic carbocycles. The SMILES string of the molecule is NC(N)=NCCCC(N)C(=O)OS(=O)(=O)O.[Ca+2].[H-].[H-]. The van der Waals surface area contributed by atoms with Crippen LogP contribution in [0, 0.1) is 0 Å². The zero-order chi connectivity index (χ0) is 12.8. The first kappa shape index (κ1) is 19.2. The summed E-state index contributed by atoms with van der Waals surface area (Å²) in [4.78, 5) is 14.5. The molecule has 1 atom stereocenters. The van der Waals surface area contributed by atoms with Crippen molar-refractivity contribution in [1.29, 1.82) is 0 Å². The second kappa shape index (κ2) is 8.89.